The second kappa shape index (κ2) is 7.20. The van der Waals surface area contributed by atoms with Crippen molar-refractivity contribution < 1.29 is 8.42 Å². The summed E-state index contributed by atoms with van der Waals surface area (Å²) in [6.45, 7) is 0. The lowest BCUT2D eigenvalue weighted by molar-refractivity contribution is 0.546. The van der Waals surface area contributed by atoms with Crippen molar-refractivity contribution in [1.29, 1.82) is 0 Å². The van der Waals surface area contributed by atoms with Gasteiger partial charge in [-0.2, -0.15) is 14.7 Å². The Hall–Kier alpha value is -3.66. The highest BCUT2D eigenvalue weighted by molar-refractivity contribution is 7.91. The third-order valence-electron chi connectivity index (χ3n) is 6.05. The van der Waals surface area contributed by atoms with E-state index in [0.29, 0.717) is 18.5 Å². The Balaban J connectivity index is 1.45. The van der Waals surface area contributed by atoms with Crippen LogP contribution in [-0.4, -0.2) is 54.7 Å². The van der Waals surface area contributed by atoms with Gasteiger partial charge < -0.3 is 0 Å². The molecule has 0 unspecified atom stereocenters. The number of sulfone groups is 1. The number of hydrogen-bond acceptors (Lipinski definition) is 7. The minimum Gasteiger partial charge on any atom is -0.264 e. The molecule has 5 aromatic rings. The molecule has 9 nitrogen and oxygen atoms in total. The highest BCUT2D eigenvalue weighted by atomic mass is 32.2. The molecule has 160 valence electrons. The van der Waals surface area contributed by atoms with Crippen molar-refractivity contribution >= 4 is 26.5 Å². The molecule has 1 aliphatic rings. The average molecular weight is 446 g/mol. The van der Waals surface area contributed by atoms with E-state index in [-0.39, 0.29) is 17.4 Å². The molecular weight excluding hydrogens is 426 g/mol. The van der Waals surface area contributed by atoms with Crippen LogP contribution in [-0.2, 0) is 9.84 Å². The molecule has 0 saturated carbocycles. The van der Waals surface area contributed by atoms with Gasteiger partial charge in [0.25, 0.3) is 0 Å². The summed E-state index contributed by atoms with van der Waals surface area (Å²) in [5.74, 6) is 0.447. The highest BCUT2D eigenvalue weighted by Crippen LogP contribution is 2.34. The van der Waals surface area contributed by atoms with Gasteiger partial charge in [0.2, 0.25) is 0 Å². The van der Waals surface area contributed by atoms with E-state index in [1.54, 1.807) is 29.3 Å². The van der Waals surface area contributed by atoms with Gasteiger partial charge in [-0.3, -0.25) is 15.1 Å². The van der Waals surface area contributed by atoms with E-state index >= 15 is 0 Å². The van der Waals surface area contributed by atoms with Crippen molar-refractivity contribution in [1.82, 2.24) is 34.8 Å². The average Bonchev–Trinajstić information content (AvgIpc) is 3.46. The maximum absolute atomic E-state index is 11.9. The van der Waals surface area contributed by atoms with Gasteiger partial charge in [-0.15, -0.1) is 0 Å². The maximum Gasteiger partial charge on any atom is 0.165 e. The number of nitrogens with one attached hydrogen (secondary N) is 1. The number of H-pyrrole nitrogens is 1. The number of aromatic nitrogens is 7. The van der Waals surface area contributed by atoms with Crippen LogP contribution in [0, 0.1) is 0 Å². The Morgan fingerprint density at radius 3 is 2.62 bits per heavy atom. The van der Waals surface area contributed by atoms with Crippen LogP contribution in [0.3, 0.4) is 0 Å². The maximum atomic E-state index is 11.9. The Morgan fingerprint density at radius 1 is 1.00 bits per heavy atom. The number of nitrogens with zero attached hydrogens (tertiary/aromatic N) is 6. The summed E-state index contributed by atoms with van der Waals surface area (Å²) in [5, 5.41) is 12.6. The third-order valence-corrected chi connectivity index (χ3v) is 7.77. The second-order valence-corrected chi connectivity index (χ2v) is 10.3. The first kappa shape index (κ1) is 19.1. The van der Waals surface area contributed by atoms with Crippen molar-refractivity contribution in [2.75, 3.05) is 11.5 Å². The first-order chi connectivity index (χ1) is 15.6. The molecular formula is C22H19N7O2S. The SMILES string of the molecule is O=S1(=O)CCC(c2nc3c(-c4ccc(-c5cccnc5)nc4)cnn3c3[nH]ncc23)CC1. The molecule has 1 aliphatic heterocycles. The molecule has 5 aromatic heterocycles. The normalized spacial score (nSPS) is 16.6. The second-order valence-electron chi connectivity index (χ2n) is 8.02. The molecule has 0 aliphatic carbocycles. The molecule has 1 N–H and O–H groups in total. The zero-order valence-corrected chi connectivity index (χ0v) is 17.8. The van der Waals surface area contributed by atoms with Crippen molar-refractivity contribution in [2.24, 2.45) is 0 Å². The fraction of sp³-hybridized carbons (Fsp3) is 0.227. The molecule has 32 heavy (non-hydrogen) atoms. The van der Waals surface area contributed by atoms with E-state index in [1.165, 1.54) is 0 Å². The molecule has 0 spiro atoms. The number of fused-ring (bicyclic) bond motifs is 3. The van der Waals surface area contributed by atoms with Gasteiger partial charge in [0.15, 0.2) is 11.3 Å². The number of hydrogen-bond donors (Lipinski definition) is 1. The Kier molecular flexibility index (Phi) is 4.29. The fourth-order valence-corrected chi connectivity index (χ4v) is 5.82. The lowest BCUT2D eigenvalue weighted by atomic mass is 9.96. The van der Waals surface area contributed by atoms with Crippen LogP contribution < -0.4 is 0 Å². The molecule has 1 fully saturated rings. The Morgan fingerprint density at radius 2 is 1.88 bits per heavy atom. The third kappa shape index (κ3) is 3.14. The highest BCUT2D eigenvalue weighted by Gasteiger charge is 2.28. The molecule has 0 aromatic carbocycles. The van der Waals surface area contributed by atoms with E-state index in [2.05, 4.69) is 25.3 Å². The summed E-state index contributed by atoms with van der Waals surface area (Å²) in [6, 6.07) is 7.81. The van der Waals surface area contributed by atoms with Crippen LogP contribution in [0.5, 0.6) is 0 Å². The quantitative estimate of drug-likeness (QED) is 0.453. The van der Waals surface area contributed by atoms with Crippen LogP contribution in [0.4, 0.5) is 0 Å². The van der Waals surface area contributed by atoms with Gasteiger partial charge in [0, 0.05) is 41.2 Å². The minimum atomic E-state index is -2.95. The molecule has 0 atom stereocenters. The number of pyridine rings is 2. The van der Waals surface area contributed by atoms with Gasteiger partial charge in [0.1, 0.15) is 9.84 Å². The summed E-state index contributed by atoms with van der Waals surface area (Å²) < 4.78 is 25.6. The standard InChI is InChI=1S/C22H19N7O2S/c30-32(31)8-5-14(6-9-32)20-18-12-25-28-22(18)29-21(27-20)17(13-26-29)15-3-4-19(24-11-15)16-2-1-7-23-10-16/h1-4,7,10-14H,5-6,8-9H2,(H,25,28). The summed E-state index contributed by atoms with van der Waals surface area (Å²) in [7, 11) is -2.95. The first-order valence-corrected chi connectivity index (χ1v) is 12.2. The molecule has 0 radical (unpaired) electrons. The fourth-order valence-electron chi connectivity index (χ4n) is 4.33. The van der Waals surface area contributed by atoms with Crippen molar-refractivity contribution in [3.63, 3.8) is 0 Å². The molecule has 1 saturated heterocycles. The predicted octanol–water partition coefficient (Wildman–Crippen LogP) is 3.02. The van der Waals surface area contributed by atoms with Gasteiger partial charge >= 0.3 is 0 Å². The van der Waals surface area contributed by atoms with Crippen LogP contribution in [0.25, 0.3) is 39.1 Å². The Labute approximate surface area is 183 Å². The van der Waals surface area contributed by atoms with Gasteiger partial charge in [0.05, 0.1) is 40.7 Å². The summed E-state index contributed by atoms with van der Waals surface area (Å²) in [4.78, 5) is 13.7. The lowest BCUT2D eigenvalue weighted by Gasteiger charge is -2.22. The van der Waals surface area contributed by atoms with Crippen molar-refractivity contribution in [2.45, 2.75) is 18.8 Å². The van der Waals surface area contributed by atoms with Crippen molar-refractivity contribution in [3.05, 3.63) is 60.9 Å². The molecule has 6 rings (SSSR count). The largest absolute Gasteiger partial charge is 0.264 e. The van der Waals surface area contributed by atoms with Gasteiger partial charge in [-0.05, 0) is 31.0 Å². The van der Waals surface area contributed by atoms with Crippen LogP contribution in [0.2, 0.25) is 0 Å². The Bertz CT molecular complexity index is 1530. The molecule has 6 heterocycles. The topological polar surface area (TPSA) is 119 Å². The smallest absolute Gasteiger partial charge is 0.165 e. The molecule has 10 heteroatoms. The monoisotopic (exact) mass is 445 g/mol. The van der Waals surface area contributed by atoms with Crippen LogP contribution >= 0.6 is 0 Å². The summed E-state index contributed by atoms with van der Waals surface area (Å²) >= 11 is 0. The molecule has 0 bridgehead atoms. The van der Waals surface area contributed by atoms with E-state index in [1.807, 2.05) is 30.5 Å². The number of aromatic amines is 1. The zero-order chi connectivity index (χ0) is 21.7. The van der Waals surface area contributed by atoms with E-state index in [0.717, 1.165) is 39.1 Å². The first-order valence-electron chi connectivity index (χ1n) is 10.4. The summed E-state index contributed by atoms with van der Waals surface area (Å²) in [6.07, 6.45) is 9.98. The lowest BCUT2D eigenvalue weighted by Crippen LogP contribution is -2.23. The van der Waals surface area contributed by atoms with E-state index < -0.39 is 9.84 Å². The van der Waals surface area contributed by atoms with Crippen LogP contribution in [0.15, 0.2) is 55.2 Å². The summed E-state index contributed by atoms with van der Waals surface area (Å²) in [5.41, 5.74) is 5.87. The minimum absolute atomic E-state index is 0.0671. The van der Waals surface area contributed by atoms with E-state index in [9.17, 15) is 8.42 Å². The van der Waals surface area contributed by atoms with Gasteiger partial charge in [-0.25, -0.2) is 13.4 Å². The zero-order valence-electron chi connectivity index (χ0n) is 17.0. The number of rotatable bonds is 3. The van der Waals surface area contributed by atoms with Gasteiger partial charge in [-0.1, -0.05) is 6.07 Å². The van der Waals surface area contributed by atoms with Crippen molar-refractivity contribution in [3.8, 4) is 22.4 Å². The molecule has 0 amide bonds. The van der Waals surface area contributed by atoms with Crippen LogP contribution in [0.1, 0.15) is 24.5 Å². The van der Waals surface area contributed by atoms with E-state index in [4.69, 9.17) is 4.98 Å². The predicted molar refractivity (Wildman–Crippen MR) is 120 cm³/mol.